The molecule has 0 unspecified atom stereocenters. The third-order valence-electron chi connectivity index (χ3n) is 5.61. The monoisotopic (exact) mass is 496 g/mol. The van der Waals surface area contributed by atoms with Crippen molar-refractivity contribution in [3.8, 4) is 23.3 Å². The second kappa shape index (κ2) is 13.6. The molecule has 6 heteroatoms. The molecule has 6 nitrogen and oxygen atoms in total. The topological polar surface area (TPSA) is 80.6 Å². The minimum Gasteiger partial charge on any atom is -0.497 e. The molecule has 0 bridgehead atoms. The first kappa shape index (κ1) is 27.1. The van der Waals surface area contributed by atoms with Crippen LogP contribution in [-0.2, 0) is 24.4 Å². The summed E-state index contributed by atoms with van der Waals surface area (Å²) < 4.78 is 17.2. The van der Waals surface area contributed by atoms with E-state index in [0.29, 0.717) is 43.2 Å². The van der Waals surface area contributed by atoms with E-state index in [9.17, 15) is 10.1 Å². The Bertz CT molecular complexity index is 1290. The van der Waals surface area contributed by atoms with Crippen molar-refractivity contribution in [2.24, 2.45) is 0 Å². The summed E-state index contributed by atoms with van der Waals surface area (Å²) in [5.74, 6) is 1.46. The van der Waals surface area contributed by atoms with E-state index in [1.54, 1.807) is 25.3 Å². The maximum Gasteiger partial charge on any atom is 0.262 e. The molecule has 37 heavy (non-hydrogen) atoms. The van der Waals surface area contributed by atoms with Crippen LogP contribution in [-0.4, -0.2) is 19.6 Å². The van der Waals surface area contributed by atoms with E-state index in [1.807, 2.05) is 74.5 Å². The van der Waals surface area contributed by atoms with Crippen molar-refractivity contribution in [3.05, 3.63) is 107 Å². The zero-order valence-electron chi connectivity index (χ0n) is 21.5. The number of benzene rings is 3. The quantitative estimate of drug-likeness (QED) is 0.191. The summed E-state index contributed by atoms with van der Waals surface area (Å²) in [6.07, 6.45) is 3.88. The number of carbonyl (C=O) groups is 1. The molecular formula is C31H32N2O4. The van der Waals surface area contributed by atoms with E-state index in [1.165, 1.54) is 5.56 Å². The second-order valence-corrected chi connectivity index (χ2v) is 8.41. The molecule has 0 spiro atoms. The van der Waals surface area contributed by atoms with Crippen LogP contribution in [0.1, 0.15) is 34.7 Å². The lowest BCUT2D eigenvalue weighted by atomic mass is 10.0. The number of methoxy groups -OCH3 is 1. The Morgan fingerprint density at radius 2 is 1.76 bits per heavy atom. The number of hydrogen-bond donors (Lipinski definition) is 1. The fourth-order valence-electron chi connectivity index (χ4n) is 3.68. The van der Waals surface area contributed by atoms with Gasteiger partial charge in [-0.1, -0.05) is 48.0 Å². The minimum atomic E-state index is -0.457. The molecule has 0 atom stereocenters. The zero-order valence-corrected chi connectivity index (χ0v) is 21.5. The second-order valence-electron chi connectivity index (χ2n) is 8.41. The molecule has 3 rings (SSSR count). The third kappa shape index (κ3) is 7.74. The fraction of sp³-hybridized carbons (Fsp3) is 0.226. The van der Waals surface area contributed by atoms with Crippen molar-refractivity contribution in [2.45, 2.75) is 33.4 Å². The highest BCUT2D eigenvalue weighted by Crippen LogP contribution is 2.35. The molecule has 0 saturated heterocycles. The van der Waals surface area contributed by atoms with Crippen molar-refractivity contribution < 1.29 is 19.0 Å². The first-order chi connectivity index (χ1) is 18.0. The largest absolute Gasteiger partial charge is 0.497 e. The van der Waals surface area contributed by atoms with Crippen LogP contribution in [0.5, 0.6) is 17.2 Å². The van der Waals surface area contributed by atoms with Gasteiger partial charge in [-0.25, -0.2) is 0 Å². The Morgan fingerprint density at radius 1 is 1.05 bits per heavy atom. The molecule has 0 aliphatic rings. The first-order valence-corrected chi connectivity index (χ1v) is 12.1. The average Bonchev–Trinajstić information content (AvgIpc) is 2.91. The summed E-state index contributed by atoms with van der Waals surface area (Å²) in [6.45, 7) is 8.92. The Hall–Kier alpha value is -4.50. The van der Waals surface area contributed by atoms with Gasteiger partial charge in [-0.15, -0.1) is 6.58 Å². The molecule has 0 radical (unpaired) electrons. The number of aryl methyl sites for hydroxylation is 1. The summed E-state index contributed by atoms with van der Waals surface area (Å²) >= 11 is 0. The van der Waals surface area contributed by atoms with Gasteiger partial charge in [0.25, 0.3) is 5.91 Å². The Morgan fingerprint density at radius 3 is 2.38 bits per heavy atom. The van der Waals surface area contributed by atoms with Gasteiger partial charge in [-0.2, -0.15) is 5.26 Å². The first-order valence-electron chi connectivity index (χ1n) is 12.1. The number of rotatable bonds is 12. The molecule has 3 aromatic rings. The van der Waals surface area contributed by atoms with Crippen LogP contribution in [0.3, 0.4) is 0 Å². The van der Waals surface area contributed by atoms with Gasteiger partial charge in [0.2, 0.25) is 0 Å². The number of allylic oxidation sites excluding steroid dienone is 1. The number of hydrogen-bond acceptors (Lipinski definition) is 5. The fourth-order valence-corrected chi connectivity index (χ4v) is 3.68. The lowest BCUT2D eigenvalue weighted by molar-refractivity contribution is -0.117. The van der Waals surface area contributed by atoms with Crippen molar-refractivity contribution in [1.29, 1.82) is 5.26 Å². The van der Waals surface area contributed by atoms with Gasteiger partial charge < -0.3 is 19.5 Å². The summed E-state index contributed by atoms with van der Waals surface area (Å²) in [5.41, 5.74) is 4.64. The zero-order chi connectivity index (χ0) is 26.6. The Labute approximate surface area is 218 Å². The van der Waals surface area contributed by atoms with E-state index >= 15 is 0 Å². The van der Waals surface area contributed by atoms with Crippen molar-refractivity contribution >= 4 is 12.0 Å². The highest BCUT2D eigenvalue weighted by Gasteiger charge is 2.15. The van der Waals surface area contributed by atoms with Gasteiger partial charge in [0.05, 0.1) is 13.7 Å². The van der Waals surface area contributed by atoms with Crippen LogP contribution in [0.2, 0.25) is 0 Å². The predicted molar refractivity (Wildman–Crippen MR) is 145 cm³/mol. The van der Waals surface area contributed by atoms with Crippen LogP contribution >= 0.6 is 0 Å². The Balaban J connectivity index is 1.83. The summed E-state index contributed by atoms with van der Waals surface area (Å²) in [4.78, 5) is 12.7. The molecule has 3 aromatic carbocycles. The van der Waals surface area contributed by atoms with Gasteiger partial charge in [0.15, 0.2) is 11.5 Å². The molecule has 0 aliphatic carbocycles. The maximum atomic E-state index is 12.7. The molecule has 1 amide bonds. The maximum absolute atomic E-state index is 12.7. The number of ether oxygens (including phenoxy) is 3. The lowest BCUT2D eigenvalue weighted by Gasteiger charge is -2.17. The number of nitrogens with one attached hydrogen (secondary N) is 1. The van der Waals surface area contributed by atoms with E-state index in [2.05, 4.69) is 11.9 Å². The smallest absolute Gasteiger partial charge is 0.262 e. The molecule has 0 heterocycles. The summed E-state index contributed by atoms with van der Waals surface area (Å²) in [6, 6.07) is 21.2. The molecule has 190 valence electrons. The van der Waals surface area contributed by atoms with E-state index < -0.39 is 5.91 Å². The van der Waals surface area contributed by atoms with Crippen LogP contribution in [0.4, 0.5) is 0 Å². The molecule has 0 fully saturated rings. The lowest BCUT2D eigenvalue weighted by Crippen LogP contribution is -2.23. The third-order valence-corrected chi connectivity index (χ3v) is 5.61. The molecule has 0 saturated carbocycles. The molecular weight excluding hydrogens is 464 g/mol. The van der Waals surface area contributed by atoms with Crippen molar-refractivity contribution in [3.63, 3.8) is 0 Å². The van der Waals surface area contributed by atoms with Gasteiger partial charge in [0, 0.05) is 12.1 Å². The average molecular weight is 497 g/mol. The normalized spacial score (nSPS) is 10.8. The van der Waals surface area contributed by atoms with Gasteiger partial charge in [0.1, 0.15) is 24.0 Å². The van der Waals surface area contributed by atoms with Crippen LogP contribution in [0.15, 0.2) is 78.9 Å². The van der Waals surface area contributed by atoms with E-state index in [0.717, 1.165) is 22.4 Å². The highest BCUT2D eigenvalue weighted by molar-refractivity contribution is 6.01. The van der Waals surface area contributed by atoms with Gasteiger partial charge in [-0.3, -0.25) is 4.79 Å². The van der Waals surface area contributed by atoms with Crippen LogP contribution in [0.25, 0.3) is 6.08 Å². The number of nitriles is 1. The predicted octanol–water partition coefficient (Wildman–Crippen LogP) is 5.93. The number of carbonyl (C=O) groups excluding carboxylic acids is 1. The van der Waals surface area contributed by atoms with Gasteiger partial charge in [-0.05, 0) is 67.3 Å². The minimum absolute atomic E-state index is 0.00571. The molecule has 1 N–H and O–H groups in total. The van der Waals surface area contributed by atoms with Crippen LogP contribution < -0.4 is 19.5 Å². The number of nitrogens with zero attached hydrogens (tertiary/aromatic N) is 1. The summed E-state index contributed by atoms with van der Waals surface area (Å²) in [7, 11) is 1.60. The Kier molecular flexibility index (Phi) is 9.92. The van der Waals surface area contributed by atoms with Crippen LogP contribution in [0, 0.1) is 18.3 Å². The van der Waals surface area contributed by atoms with E-state index in [-0.39, 0.29) is 5.57 Å². The van der Waals surface area contributed by atoms with Crippen molar-refractivity contribution in [1.82, 2.24) is 5.32 Å². The highest BCUT2D eigenvalue weighted by atomic mass is 16.5. The standard InChI is InChI=1S/C31H32N2O4/c1-5-7-26-16-25(17-27(19-32)31(34)33-20-23-12-14-28(35-4)15-13-23)18-29(36-6-2)30(26)37-21-24-10-8-22(3)9-11-24/h5,8-18H,1,6-7,20-21H2,2-4H3,(H,33,34)/b27-17-. The molecule has 0 aromatic heterocycles. The summed E-state index contributed by atoms with van der Waals surface area (Å²) in [5, 5.41) is 12.5. The van der Waals surface area contributed by atoms with Gasteiger partial charge >= 0.3 is 0 Å². The van der Waals surface area contributed by atoms with Crippen molar-refractivity contribution in [2.75, 3.05) is 13.7 Å². The molecule has 0 aliphatic heterocycles. The number of amides is 1. The SMILES string of the molecule is C=CCc1cc(/C=C(/C#N)C(=O)NCc2ccc(OC)cc2)cc(OCC)c1OCc1ccc(C)cc1. The van der Waals surface area contributed by atoms with E-state index in [4.69, 9.17) is 14.2 Å².